The second kappa shape index (κ2) is 9.27. The molecule has 0 unspecified atom stereocenters. The molecule has 2 aromatic heterocycles. The molecule has 0 N–H and O–H groups in total. The van der Waals surface area contributed by atoms with E-state index < -0.39 is 0 Å². The number of morpholine rings is 1. The molecule has 0 spiro atoms. The number of carbonyl (C=O) groups is 2. The van der Waals surface area contributed by atoms with Crippen LogP contribution in [-0.2, 0) is 16.0 Å². The van der Waals surface area contributed by atoms with E-state index in [9.17, 15) is 9.59 Å². The monoisotopic (exact) mass is 449 g/mol. The predicted molar refractivity (Wildman–Crippen MR) is 120 cm³/mol. The zero-order valence-electron chi connectivity index (χ0n) is 18.7. The van der Waals surface area contributed by atoms with Crippen molar-refractivity contribution in [3.8, 4) is 0 Å². The molecule has 0 aliphatic carbocycles. The van der Waals surface area contributed by atoms with E-state index >= 15 is 0 Å². The number of para-hydroxylation sites is 1. The highest BCUT2D eigenvalue weighted by atomic mass is 16.5. The van der Waals surface area contributed by atoms with Crippen LogP contribution in [0.5, 0.6) is 0 Å². The van der Waals surface area contributed by atoms with Crippen molar-refractivity contribution < 1.29 is 18.8 Å². The molecule has 3 aromatic rings. The summed E-state index contributed by atoms with van der Waals surface area (Å²) in [5, 5.41) is 4.63. The minimum Gasteiger partial charge on any atom is -0.378 e. The molecular weight excluding hydrogens is 422 g/mol. The van der Waals surface area contributed by atoms with Crippen LogP contribution < -0.4 is 0 Å². The summed E-state index contributed by atoms with van der Waals surface area (Å²) in [7, 11) is 0. The molecule has 9 nitrogen and oxygen atoms in total. The molecule has 33 heavy (non-hydrogen) atoms. The second-order valence-corrected chi connectivity index (χ2v) is 8.58. The lowest BCUT2D eigenvalue weighted by Gasteiger charge is -2.27. The van der Waals surface area contributed by atoms with Crippen LogP contribution in [0.1, 0.15) is 46.5 Å². The van der Waals surface area contributed by atoms with Gasteiger partial charge in [-0.3, -0.25) is 14.6 Å². The lowest BCUT2D eigenvalue weighted by molar-refractivity contribution is -0.130. The molecule has 2 saturated heterocycles. The Kier molecular flexibility index (Phi) is 6.04. The topological polar surface area (TPSA) is 102 Å². The molecule has 0 saturated carbocycles. The molecule has 1 atom stereocenters. The maximum absolute atomic E-state index is 13.3. The first-order valence-electron chi connectivity index (χ1n) is 11.4. The van der Waals surface area contributed by atoms with Gasteiger partial charge in [0, 0.05) is 56.0 Å². The maximum atomic E-state index is 13.3. The van der Waals surface area contributed by atoms with Gasteiger partial charge in [-0.1, -0.05) is 23.4 Å². The van der Waals surface area contributed by atoms with Crippen LogP contribution in [0, 0.1) is 6.92 Å². The molecule has 9 heteroatoms. The number of benzene rings is 1. The number of hydrogen-bond donors (Lipinski definition) is 0. The maximum Gasteiger partial charge on any atom is 0.254 e. The van der Waals surface area contributed by atoms with E-state index in [2.05, 4.69) is 10.1 Å². The quantitative estimate of drug-likeness (QED) is 0.589. The van der Waals surface area contributed by atoms with Crippen molar-refractivity contribution in [3.05, 3.63) is 53.3 Å². The van der Waals surface area contributed by atoms with Crippen molar-refractivity contribution >= 4 is 22.7 Å². The lowest BCUT2D eigenvalue weighted by atomic mass is 9.99. The summed E-state index contributed by atoms with van der Waals surface area (Å²) in [6, 6.07) is 9.69. The van der Waals surface area contributed by atoms with Gasteiger partial charge in [-0.15, -0.1) is 0 Å². The Morgan fingerprint density at radius 2 is 1.91 bits per heavy atom. The Morgan fingerprint density at radius 1 is 1.09 bits per heavy atom. The third-order valence-corrected chi connectivity index (χ3v) is 6.35. The number of amides is 2. The first kappa shape index (κ1) is 21.5. The summed E-state index contributed by atoms with van der Waals surface area (Å²) in [6.45, 7) is 5.33. The summed E-state index contributed by atoms with van der Waals surface area (Å²) >= 11 is 0. The number of fused-ring (bicyclic) bond motifs is 1. The predicted octanol–water partition coefficient (Wildman–Crippen LogP) is 2.35. The zero-order chi connectivity index (χ0) is 22.8. The van der Waals surface area contributed by atoms with E-state index in [1.807, 2.05) is 40.1 Å². The molecule has 172 valence electrons. The minimum atomic E-state index is 0.0129. The van der Waals surface area contributed by atoms with Gasteiger partial charge in [0.25, 0.3) is 5.91 Å². The smallest absolute Gasteiger partial charge is 0.254 e. The van der Waals surface area contributed by atoms with Crippen molar-refractivity contribution in [1.29, 1.82) is 0 Å². The van der Waals surface area contributed by atoms with Crippen molar-refractivity contribution in [2.45, 2.75) is 32.1 Å². The summed E-state index contributed by atoms with van der Waals surface area (Å²) in [5.41, 5.74) is 2.35. The number of aryl methyl sites for hydroxylation is 2. The lowest BCUT2D eigenvalue weighted by Crippen LogP contribution is -2.40. The highest BCUT2D eigenvalue weighted by Gasteiger charge is 2.30. The molecule has 0 bridgehead atoms. The van der Waals surface area contributed by atoms with E-state index in [1.54, 1.807) is 6.92 Å². The summed E-state index contributed by atoms with van der Waals surface area (Å²) < 4.78 is 10.5. The van der Waals surface area contributed by atoms with Crippen LogP contribution >= 0.6 is 0 Å². The SMILES string of the molecule is Cc1noc(CCC(=O)N2CC[C@@H](c3cc(C(=O)N4CCOCC4)c4ccccc4n3)C2)n1. The van der Waals surface area contributed by atoms with Gasteiger partial charge in [0.1, 0.15) is 0 Å². The molecule has 2 amide bonds. The van der Waals surface area contributed by atoms with Gasteiger partial charge < -0.3 is 19.1 Å². The Hall–Kier alpha value is -3.33. The molecule has 1 aromatic carbocycles. The van der Waals surface area contributed by atoms with Gasteiger partial charge in [0.05, 0.1) is 24.3 Å². The summed E-state index contributed by atoms with van der Waals surface area (Å²) in [5.74, 6) is 1.24. The van der Waals surface area contributed by atoms with E-state index in [4.69, 9.17) is 14.2 Å². The van der Waals surface area contributed by atoms with Crippen LogP contribution in [0.4, 0.5) is 0 Å². The van der Waals surface area contributed by atoms with Crippen molar-refractivity contribution in [2.75, 3.05) is 39.4 Å². The first-order chi connectivity index (χ1) is 16.1. The standard InChI is InChI=1S/C24H27N5O4/c1-16-25-22(33-27-16)6-7-23(30)29-9-8-17(15-29)21-14-19(18-4-2-3-5-20(18)26-21)24(31)28-10-12-32-13-11-28/h2-5,14,17H,6-13,15H2,1H3/t17-/m1/s1. The molecule has 5 rings (SSSR count). The summed E-state index contributed by atoms with van der Waals surface area (Å²) in [4.78, 5) is 38.8. The minimum absolute atomic E-state index is 0.0129. The van der Waals surface area contributed by atoms with Crippen LogP contribution in [-0.4, -0.2) is 76.1 Å². The fourth-order valence-electron chi connectivity index (χ4n) is 4.56. The number of nitrogens with zero attached hydrogens (tertiary/aromatic N) is 5. The van der Waals surface area contributed by atoms with Crippen LogP contribution in [0.2, 0.25) is 0 Å². The molecule has 2 fully saturated rings. The number of pyridine rings is 1. The molecular formula is C24H27N5O4. The van der Waals surface area contributed by atoms with Gasteiger partial charge in [0.2, 0.25) is 11.8 Å². The third kappa shape index (κ3) is 4.59. The number of likely N-dealkylation sites (tertiary alicyclic amines) is 1. The summed E-state index contributed by atoms with van der Waals surface area (Å²) in [6.07, 6.45) is 1.59. The van der Waals surface area contributed by atoms with E-state index in [0.717, 1.165) is 23.0 Å². The number of rotatable bonds is 5. The van der Waals surface area contributed by atoms with Gasteiger partial charge in [0.15, 0.2) is 5.82 Å². The van der Waals surface area contributed by atoms with E-state index in [-0.39, 0.29) is 17.7 Å². The third-order valence-electron chi connectivity index (χ3n) is 6.35. The van der Waals surface area contributed by atoms with Gasteiger partial charge in [-0.2, -0.15) is 4.98 Å². The fraction of sp³-hybridized carbons (Fsp3) is 0.458. The average molecular weight is 450 g/mol. The molecule has 2 aliphatic heterocycles. The number of hydrogen-bond acceptors (Lipinski definition) is 7. The number of carbonyl (C=O) groups excluding carboxylic acids is 2. The average Bonchev–Trinajstić information content (AvgIpc) is 3.51. The van der Waals surface area contributed by atoms with E-state index in [1.165, 1.54) is 0 Å². The Balaban J connectivity index is 1.33. The Labute approximate surface area is 191 Å². The Bertz CT molecular complexity index is 1170. The Morgan fingerprint density at radius 3 is 2.70 bits per heavy atom. The fourth-order valence-corrected chi connectivity index (χ4v) is 4.56. The number of ether oxygens (including phenoxy) is 1. The molecule has 4 heterocycles. The van der Waals surface area contributed by atoms with Crippen LogP contribution in [0.3, 0.4) is 0 Å². The first-order valence-corrected chi connectivity index (χ1v) is 11.4. The zero-order valence-corrected chi connectivity index (χ0v) is 18.7. The molecule has 2 aliphatic rings. The normalized spacial score (nSPS) is 18.8. The number of aromatic nitrogens is 3. The highest BCUT2D eigenvalue weighted by molar-refractivity contribution is 6.06. The largest absolute Gasteiger partial charge is 0.378 e. The van der Waals surface area contributed by atoms with Gasteiger partial charge in [-0.05, 0) is 25.5 Å². The highest BCUT2D eigenvalue weighted by Crippen LogP contribution is 2.30. The van der Waals surface area contributed by atoms with Crippen molar-refractivity contribution in [1.82, 2.24) is 24.9 Å². The molecule has 0 radical (unpaired) electrons. The van der Waals surface area contributed by atoms with E-state index in [0.29, 0.717) is 69.5 Å². The van der Waals surface area contributed by atoms with Crippen molar-refractivity contribution in [2.24, 2.45) is 0 Å². The van der Waals surface area contributed by atoms with Crippen molar-refractivity contribution in [3.63, 3.8) is 0 Å². The van der Waals surface area contributed by atoms with Crippen LogP contribution in [0.25, 0.3) is 10.9 Å². The second-order valence-electron chi connectivity index (χ2n) is 8.58. The van der Waals surface area contributed by atoms with Gasteiger partial charge >= 0.3 is 0 Å². The van der Waals surface area contributed by atoms with Gasteiger partial charge in [-0.25, -0.2) is 0 Å². The van der Waals surface area contributed by atoms with Crippen LogP contribution in [0.15, 0.2) is 34.9 Å².